The Bertz CT molecular complexity index is 528. The predicted molar refractivity (Wildman–Crippen MR) is 86.5 cm³/mol. The van der Waals surface area contributed by atoms with Crippen molar-refractivity contribution in [2.24, 2.45) is 5.92 Å². The average molecular weight is 310 g/mol. The summed E-state index contributed by atoms with van der Waals surface area (Å²) in [4.78, 5) is 0. The minimum Gasteiger partial charge on any atom is -0.314 e. The molecule has 1 aliphatic rings. The molecule has 1 saturated heterocycles. The molecule has 2 rings (SSSR count). The summed E-state index contributed by atoms with van der Waals surface area (Å²) in [7, 11) is -3.20. The summed E-state index contributed by atoms with van der Waals surface area (Å²) in [6.07, 6.45) is 2.07. The molecule has 1 aromatic carbocycles. The maximum absolute atomic E-state index is 12.5. The summed E-state index contributed by atoms with van der Waals surface area (Å²) in [6, 6.07) is 9.87. The van der Waals surface area contributed by atoms with E-state index in [-0.39, 0.29) is 5.75 Å². The zero-order chi connectivity index (χ0) is 15.3. The van der Waals surface area contributed by atoms with E-state index in [1.807, 2.05) is 30.3 Å². The van der Waals surface area contributed by atoms with Gasteiger partial charge < -0.3 is 5.32 Å². The number of nitrogens with zero attached hydrogens (tertiary/aromatic N) is 1. The monoisotopic (exact) mass is 310 g/mol. The first-order valence-corrected chi connectivity index (χ1v) is 9.33. The zero-order valence-corrected chi connectivity index (χ0v) is 13.8. The smallest absolute Gasteiger partial charge is 0.218 e. The second-order valence-electron chi connectivity index (χ2n) is 6.17. The summed E-state index contributed by atoms with van der Waals surface area (Å²) in [6.45, 7) is 6.44. The molecule has 1 N–H and O–H groups in total. The lowest BCUT2D eigenvalue weighted by Crippen LogP contribution is -2.44. The normalized spacial score (nSPS) is 20.8. The summed E-state index contributed by atoms with van der Waals surface area (Å²) >= 11 is 0. The predicted octanol–water partition coefficient (Wildman–Crippen LogP) is 2.23. The maximum Gasteiger partial charge on any atom is 0.218 e. The van der Waals surface area contributed by atoms with Crippen molar-refractivity contribution in [2.45, 2.75) is 38.5 Å². The Morgan fingerprint density at radius 3 is 2.67 bits per heavy atom. The van der Waals surface area contributed by atoms with E-state index in [1.54, 1.807) is 4.31 Å². The van der Waals surface area contributed by atoms with Gasteiger partial charge in [0.2, 0.25) is 10.0 Å². The Labute approximate surface area is 128 Å². The Morgan fingerprint density at radius 2 is 2.00 bits per heavy atom. The molecule has 0 amide bonds. The molecule has 4 nitrogen and oxygen atoms in total. The van der Waals surface area contributed by atoms with Gasteiger partial charge in [0.15, 0.2) is 0 Å². The van der Waals surface area contributed by atoms with Gasteiger partial charge in [0.05, 0.1) is 5.75 Å². The largest absolute Gasteiger partial charge is 0.314 e. The fourth-order valence-corrected chi connectivity index (χ4v) is 4.37. The summed E-state index contributed by atoms with van der Waals surface area (Å²) in [5, 5.41) is 3.42. The van der Waals surface area contributed by atoms with Crippen LogP contribution in [0.2, 0.25) is 0 Å². The van der Waals surface area contributed by atoms with E-state index < -0.39 is 10.0 Å². The van der Waals surface area contributed by atoms with Crippen molar-refractivity contribution in [1.29, 1.82) is 0 Å². The molecule has 21 heavy (non-hydrogen) atoms. The lowest BCUT2D eigenvalue weighted by Gasteiger charge is -2.32. The Balaban J connectivity index is 1.96. The van der Waals surface area contributed by atoms with Crippen molar-refractivity contribution in [2.75, 3.05) is 19.6 Å². The molecule has 0 aromatic heterocycles. The highest BCUT2D eigenvalue weighted by atomic mass is 32.2. The molecule has 1 heterocycles. The van der Waals surface area contributed by atoms with Gasteiger partial charge in [-0.2, -0.15) is 0 Å². The van der Waals surface area contributed by atoms with Gasteiger partial charge in [0.25, 0.3) is 0 Å². The molecule has 0 spiro atoms. The number of hydrogen-bond donors (Lipinski definition) is 1. The van der Waals surface area contributed by atoms with Crippen molar-refractivity contribution >= 4 is 10.0 Å². The number of hydrogen-bond acceptors (Lipinski definition) is 3. The quantitative estimate of drug-likeness (QED) is 0.876. The minimum absolute atomic E-state index is 0.109. The molecule has 1 aromatic rings. The van der Waals surface area contributed by atoms with Crippen LogP contribution in [0.1, 0.15) is 32.3 Å². The summed E-state index contributed by atoms with van der Waals surface area (Å²) in [5.41, 5.74) is 0.861. The lowest BCUT2D eigenvalue weighted by atomic mass is 9.99. The second kappa shape index (κ2) is 7.38. The van der Waals surface area contributed by atoms with Crippen molar-refractivity contribution in [3.63, 3.8) is 0 Å². The molecule has 0 saturated carbocycles. The van der Waals surface area contributed by atoms with Gasteiger partial charge in [-0.15, -0.1) is 0 Å². The van der Waals surface area contributed by atoms with Crippen LogP contribution in [0, 0.1) is 5.92 Å². The highest BCUT2D eigenvalue weighted by Gasteiger charge is 2.28. The molecule has 1 atom stereocenters. The molecule has 0 radical (unpaired) electrons. The standard InChI is InChI=1S/C16H26N2O2S/c1-14(2)17-11-16-9-6-10-18(12-16)21(19,20)13-15-7-4-3-5-8-15/h3-5,7-8,14,16-17H,6,9-13H2,1-2H3. The molecule has 0 bridgehead atoms. The van der Waals surface area contributed by atoms with Gasteiger partial charge >= 0.3 is 0 Å². The number of rotatable bonds is 6. The van der Waals surface area contributed by atoms with Crippen molar-refractivity contribution in [3.05, 3.63) is 35.9 Å². The van der Waals surface area contributed by atoms with Gasteiger partial charge in [0.1, 0.15) is 0 Å². The van der Waals surface area contributed by atoms with Crippen molar-refractivity contribution in [1.82, 2.24) is 9.62 Å². The van der Waals surface area contributed by atoms with Gasteiger partial charge in [0, 0.05) is 19.1 Å². The van der Waals surface area contributed by atoms with Crippen LogP contribution >= 0.6 is 0 Å². The molecule has 1 unspecified atom stereocenters. The van der Waals surface area contributed by atoms with E-state index in [9.17, 15) is 8.42 Å². The molecule has 0 aliphatic carbocycles. The van der Waals surface area contributed by atoms with Gasteiger partial charge in [-0.05, 0) is 30.9 Å². The van der Waals surface area contributed by atoms with Crippen LogP contribution < -0.4 is 5.32 Å². The Morgan fingerprint density at radius 1 is 1.29 bits per heavy atom. The maximum atomic E-state index is 12.5. The van der Waals surface area contributed by atoms with E-state index in [0.29, 0.717) is 25.0 Å². The van der Waals surface area contributed by atoms with E-state index in [4.69, 9.17) is 0 Å². The molecule has 1 aliphatic heterocycles. The van der Waals surface area contributed by atoms with Crippen LogP contribution in [0.4, 0.5) is 0 Å². The zero-order valence-electron chi connectivity index (χ0n) is 13.0. The van der Waals surface area contributed by atoms with Crippen LogP contribution in [0.3, 0.4) is 0 Å². The van der Waals surface area contributed by atoms with Crippen LogP contribution in [-0.2, 0) is 15.8 Å². The fraction of sp³-hybridized carbons (Fsp3) is 0.625. The topological polar surface area (TPSA) is 49.4 Å². The first-order valence-electron chi connectivity index (χ1n) is 7.72. The minimum atomic E-state index is -3.20. The third-order valence-corrected chi connectivity index (χ3v) is 5.70. The lowest BCUT2D eigenvalue weighted by molar-refractivity contribution is 0.256. The van der Waals surface area contributed by atoms with Crippen LogP contribution in [0.25, 0.3) is 0 Å². The third-order valence-electron chi connectivity index (χ3n) is 3.88. The van der Waals surface area contributed by atoms with Crippen LogP contribution in [0.15, 0.2) is 30.3 Å². The third kappa shape index (κ3) is 5.09. The van der Waals surface area contributed by atoms with Crippen molar-refractivity contribution in [3.8, 4) is 0 Å². The first-order chi connectivity index (χ1) is 9.97. The number of sulfonamides is 1. The molecule has 5 heteroatoms. The number of nitrogens with one attached hydrogen (secondary N) is 1. The van der Waals surface area contributed by atoms with Crippen LogP contribution in [-0.4, -0.2) is 38.4 Å². The van der Waals surface area contributed by atoms with Gasteiger partial charge in [-0.3, -0.25) is 0 Å². The molecular formula is C16H26N2O2S. The van der Waals surface area contributed by atoms with E-state index in [1.165, 1.54) is 0 Å². The second-order valence-corrected chi connectivity index (χ2v) is 8.14. The molecule has 118 valence electrons. The average Bonchev–Trinajstić information content (AvgIpc) is 2.46. The Kier molecular flexibility index (Phi) is 5.79. The van der Waals surface area contributed by atoms with E-state index in [0.717, 1.165) is 24.9 Å². The summed E-state index contributed by atoms with van der Waals surface area (Å²) < 4.78 is 26.8. The summed E-state index contributed by atoms with van der Waals surface area (Å²) in [5.74, 6) is 0.532. The van der Waals surface area contributed by atoms with Crippen molar-refractivity contribution < 1.29 is 8.42 Å². The first kappa shape index (κ1) is 16.5. The van der Waals surface area contributed by atoms with Crippen LogP contribution in [0.5, 0.6) is 0 Å². The highest BCUT2D eigenvalue weighted by molar-refractivity contribution is 7.88. The van der Waals surface area contributed by atoms with E-state index in [2.05, 4.69) is 19.2 Å². The number of benzene rings is 1. The van der Waals surface area contributed by atoms with Gasteiger partial charge in [-0.1, -0.05) is 44.2 Å². The highest BCUT2D eigenvalue weighted by Crippen LogP contribution is 2.21. The SMILES string of the molecule is CC(C)NCC1CCCN(S(=O)(=O)Cc2ccccc2)C1. The molecular weight excluding hydrogens is 284 g/mol. The van der Waals surface area contributed by atoms with Gasteiger partial charge in [-0.25, -0.2) is 12.7 Å². The fourth-order valence-electron chi connectivity index (χ4n) is 2.72. The number of piperidine rings is 1. The molecule has 1 fully saturated rings. The van der Waals surface area contributed by atoms with E-state index >= 15 is 0 Å². The Hall–Kier alpha value is -0.910.